The number of hydrogen-bond acceptors (Lipinski definition) is 4. The highest BCUT2D eigenvalue weighted by Gasteiger charge is 2.26. The summed E-state index contributed by atoms with van der Waals surface area (Å²) in [7, 11) is 0. The van der Waals surface area contributed by atoms with E-state index in [2.05, 4.69) is 35.9 Å². The molecule has 5 nitrogen and oxygen atoms in total. The Kier molecular flexibility index (Phi) is 9.37. The van der Waals surface area contributed by atoms with Gasteiger partial charge in [-0.2, -0.15) is 5.10 Å². The third kappa shape index (κ3) is 7.53. The van der Waals surface area contributed by atoms with Crippen LogP contribution in [0.5, 0.6) is 0 Å². The molecular formula is C32H41FN2O3. The minimum Gasteiger partial charge on any atom is -0.458 e. The number of aromatic nitrogens is 2. The van der Waals surface area contributed by atoms with E-state index in [1.54, 1.807) is 0 Å². The van der Waals surface area contributed by atoms with Crippen molar-refractivity contribution in [3.05, 3.63) is 66.1 Å². The van der Waals surface area contributed by atoms with Gasteiger partial charge in [0.15, 0.2) is 0 Å². The minimum atomic E-state index is -0.488. The smallest absolute Gasteiger partial charge is 0.332 e. The molecule has 1 aromatic heterocycles. The molecule has 3 aromatic rings. The Labute approximate surface area is 226 Å². The van der Waals surface area contributed by atoms with E-state index < -0.39 is 5.60 Å². The van der Waals surface area contributed by atoms with E-state index in [1.165, 1.54) is 17.8 Å². The quantitative estimate of drug-likeness (QED) is 0.260. The second-order valence-corrected chi connectivity index (χ2v) is 11.5. The van der Waals surface area contributed by atoms with Crippen LogP contribution < -0.4 is 0 Å². The molecule has 1 heterocycles. The van der Waals surface area contributed by atoms with E-state index in [4.69, 9.17) is 14.6 Å². The molecule has 2 aromatic carbocycles. The summed E-state index contributed by atoms with van der Waals surface area (Å²) in [5, 5.41) is 5.13. The number of rotatable bonds is 10. The van der Waals surface area contributed by atoms with Crippen molar-refractivity contribution in [2.75, 3.05) is 13.2 Å². The zero-order valence-electron chi connectivity index (χ0n) is 23.2. The molecule has 0 spiro atoms. The molecule has 1 saturated carbocycles. The van der Waals surface area contributed by atoms with Crippen molar-refractivity contribution >= 4 is 5.97 Å². The van der Waals surface area contributed by atoms with Crippen LogP contribution in [0, 0.1) is 17.7 Å². The van der Waals surface area contributed by atoms with Crippen molar-refractivity contribution in [3.8, 4) is 22.4 Å². The first-order valence-electron chi connectivity index (χ1n) is 13.9. The van der Waals surface area contributed by atoms with Gasteiger partial charge < -0.3 is 9.47 Å². The van der Waals surface area contributed by atoms with Gasteiger partial charge in [-0.1, -0.05) is 43.7 Å². The molecule has 0 aliphatic heterocycles. The molecule has 6 heteroatoms. The van der Waals surface area contributed by atoms with Crippen LogP contribution in [0.3, 0.4) is 0 Å². The normalized spacial score (nSPS) is 17.9. The molecular weight excluding hydrogens is 479 g/mol. The molecule has 1 aliphatic rings. The monoisotopic (exact) mass is 520 g/mol. The lowest BCUT2D eigenvalue weighted by Gasteiger charge is -2.29. The fourth-order valence-electron chi connectivity index (χ4n) is 5.36. The van der Waals surface area contributed by atoms with E-state index in [0.29, 0.717) is 18.4 Å². The average Bonchev–Trinajstić information content (AvgIpc) is 3.23. The number of carbonyl (C=O) groups is 1. The summed E-state index contributed by atoms with van der Waals surface area (Å²) in [6.07, 6.45) is 6.35. The van der Waals surface area contributed by atoms with Crippen LogP contribution in [0.25, 0.3) is 22.4 Å². The molecule has 0 N–H and O–H groups in total. The van der Waals surface area contributed by atoms with Crippen LogP contribution >= 0.6 is 0 Å². The number of hydrogen-bond donors (Lipinski definition) is 0. The van der Waals surface area contributed by atoms with Crippen LogP contribution in [-0.2, 0) is 27.2 Å². The predicted molar refractivity (Wildman–Crippen MR) is 149 cm³/mol. The SMILES string of the molecule is CCCc1c(-c2ccccc2)c(-c2ccc(F)cc2)nn1CC1CCC(COCC(=O)OC(C)(C)C)CC1. The first-order chi connectivity index (χ1) is 18.2. The van der Waals surface area contributed by atoms with Gasteiger partial charge in [0.2, 0.25) is 0 Å². The lowest BCUT2D eigenvalue weighted by Crippen LogP contribution is -2.28. The Balaban J connectivity index is 1.45. The summed E-state index contributed by atoms with van der Waals surface area (Å²) in [5.74, 6) is 0.461. The molecule has 1 aliphatic carbocycles. The average molecular weight is 521 g/mol. The fraction of sp³-hybridized carbons (Fsp3) is 0.500. The lowest BCUT2D eigenvalue weighted by molar-refractivity contribution is -0.160. The molecule has 0 bridgehead atoms. The third-order valence-corrected chi connectivity index (χ3v) is 7.12. The molecule has 0 radical (unpaired) electrons. The number of halogens is 1. The Morgan fingerprint density at radius 1 is 0.974 bits per heavy atom. The van der Waals surface area contributed by atoms with Crippen molar-refractivity contribution in [2.24, 2.45) is 11.8 Å². The maximum Gasteiger partial charge on any atom is 0.332 e. The van der Waals surface area contributed by atoms with Gasteiger partial charge in [-0.15, -0.1) is 0 Å². The van der Waals surface area contributed by atoms with E-state index in [9.17, 15) is 9.18 Å². The van der Waals surface area contributed by atoms with Crippen molar-refractivity contribution in [2.45, 2.75) is 78.4 Å². The van der Waals surface area contributed by atoms with Gasteiger partial charge in [0, 0.05) is 23.4 Å². The van der Waals surface area contributed by atoms with Gasteiger partial charge in [-0.3, -0.25) is 4.68 Å². The number of carbonyl (C=O) groups excluding carboxylic acids is 1. The molecule has 0 unspecified atom stereocenters. The molecule has 1 fully saturated rings. The summed E-state index contributed by atoms with van der Waals surface area (Å²) < 4.78 is 26.9. The first kappa shape index (κ1) is 28.0. The van der Waals surface area contributed by atoms with Gasteiger partial charge in [-0.05, 0) is 94.5 Å². The Bertz CT molecular complexity index is 1170. The van der Waals surface area contributed by atoms with E-state index in [-0.39, 0.29) is 18.4 Å². The minimum absolute atomic E-state index is 0.0132. The highest BCUT2D eigenvalue weighted by Crippen LogP contribution is 2.37. The maximum atomic E-state index is 13.7. The summed E-state index contributed by atoms with van der Waals surface area (Å²) in [4.78, 5) is 11.9. The fourth-order valence-corrected chi connectivity index (χ4v) is 5.36. The van der Waals surface area contributed by atoms with Crippen LogP contribution in [0.1, 0.15) is 65.5 Å². The Morgan fingerprint density at radius 3 is 2.26 bits per heavy atom. The summed E-state index contributed by atoms with van der Waals surface area (Å²) in [6.45, 7) is 9.28. The number of benzene rings is 2. The Morgan fingerprint density at radius 2 is 1.63 bits per heavy atom. The van der Waals surface area contributed by atoms with Crippen LogP contribution in [-0.4, -0.2) is 34.6 Å². The van der Waals surface area contributed by atoms with Gasteiger partial charge in [0.05, 0.1) is 6.61 Å². The van der Waals surface area contributed by atoms with Crippen molar-refractivity contribution < 1.29 is 18.7 Å². The highest BCUT2D eigenvalue weighted by atomic mass is 19.1. The third-order valence-electron chi connectivity index (χ3n) is 7.12. The standard InChI is InChI=1S/C32H41FN2O3/c1-5-9-28-30(25-10-7-6-8-11-25)31(26-16-18-27(33)19-17-26)34-35(28)20-23-12-14-24(15-13-23)21-37-22-29(36)38-32(2,3)4/h6-8,10-11,16-19,23-24H,5,9,12-15,20-22H2,1-4H3. The van der Waals surface area contributed by atoms with Crippen LogP contribution in [0.15, 0.2) is 54.6 Å². The zero-order chi connectivity index (χ0) is 27.1. The van der Waals surface area contributed by atoms with Gasteiger partial charge in [0.1, 0.15) is 23.7 Å². The van der Waals surface area contributed by atoms with Crippen LogP contribution in [0.4, 0.5) is 4.39 Å². The van der Waals surface area contributed by atoms with Crippen molar-refractivity contribution in [1.29, 1.82) is 0 Å². The Hall–Kier alpha value is -2.99. The van der Waals surface area contributed by atoms with Crippen molar-refractivity contribution in [3.63, 3.8) is 0 Å². The summed E-state index contributed by atoms with van der Waals surface area (Å²) in [5.41, 5.74) is 4.92. The van der Waals surface area contributed by atoms with Gasteiger partial charge in [-0.25, -0.2) is 9.18 Å². The number of ether oxygens (including phenoxy) is 2. The molecule has 38 heavy (non-hydrogen) atoms. The molecule has 204 valence electrons. The highest BCUT2D eigenvalue weighted by molar-refractivity contribution is 5.82. The predicted octanol–water partition coefficient (Wildman–Crippen LogP) is 7.47. The first-order valence-corrected chi connectivity index (χ1v) is 13.9. The van der Waals surface area contributed by atoms with Gasteiger partial charge in [0.25, 0.3) is 0 Å². The maximum absolute atomic E-state index is 13.7. The van der Waals surface area contributed by atoms with E-state index in [0.717, 1.165) is 67.5 Å². The summed E-state index contributed by atoms with van der Waals surface area (Å²) >= 11 is 0. The molecule has 0 saturated heterocycles. The van der Waals surface area contributed by atoms with E-state index >= 15 is 0 Å². The zero-order valence-corrected chi connectivity index (χ0v) is 23.2. The van der Waals surface area contributed by atoms with E-state index in [1.807, 2.05) is 39.0 Å². The molecule has 0 amide bonds. The lowest BCUT2D eigenvalue weighted by atomic mass is 9.82. The van der Waals surface area contributed by atoms with Crippen LogP contribution in [0.2, 0.25) is 0 Å². The molecule has 0 atom stereocenters. The number of nitrogens with zero attached hydrogens (tertiary/aromatic N) is 2. The largest absolute Gasteiger partial charge is 0.458 e. The van der Waals surface area contributed by atoms with Gasteiger partial charge >= 0.3 is 5.97 Å². The number of esters is 1. The summed E-state index contributed by atoms with van der Waals surface area (Å²) in [6, 6.07) is 17.1. The second-order valence-electron chi connectivity index (χ2n) is 11.5. The second kappa shape index (κ2) is 12.7. The topological polar surface area (TPSA) is 53.4 Å². The van der Waals surface area contributed by atoms with Crippen molar-refractivity contribution in [1.82, 2.24) is 9.78 Å². The molecule has 4 rings (SSSR count).